The third kappa shape index (κ3) is 3.25. The largest absolute Gasteiger partial charge is 0.497 e. The molecule has 8 nitrogen and oxygen atoms in total. The van der Waals surface area contributed by atoms with Crippen molar-refractivity contribution in [3.63, 3.8) is 0 Å². The van der Waals surface area contributed by atoms with Gasteiger partial charge in [-0.25, -0.2) is 4.68 Å². The van der Waals surface area contributed by atoms with E-state index in [1.165, 1.54) is 0 Å². The molecule has 1 aliphatic rings. The van der Waals surface area contributed by atoms with E-state index in [1.54, 1.807) is 44.0 Å². The van der Waals surface area contributed by atoms with E-state index in [4.69, 9.17) is 26.8 Å². The van der Waals surface area contributed by atoms with Gasteiger partial charge in [0.05, 0.1) is 24.8 Å². The average molecular weight is 426 g/mol. The van der Waals surface area contributed by atoms with Crippen molar-refractivity contribution in [2.24, 2.45) is 5.73 Å². The summed E-state index contributed by atoms with van der Waals surface area (Å²) in [5.41, 5.74) is 8.08. The van der Waals surface area contributed by atoms with E-state index in [-0.39, 0.29) is 0 Å². The van der Waals surface area contributed by atoms with Crippen LogP contribution >= 0.6 is 11.6 Å². The summed E-state index contributed by atoms with van der Waals surface area (Å²) in [5.74, 6) is 1.49. The van der Waals surface area contributed by atoms with Crippen LogP contribution in [0, 0.1) is 0 Å². The van der Waals surface area contributed by atoms with Crippen molar-refractivity contribution in [1.82, 2.24) is 14.8 Å². The first kappa shape index (κ1) is 19.8. The third-order valence-electron chi connectivity index (χ3n) is 4.97. The van der Waals surface area contributed by atoms with Crippen LogP contribution in [0.4, 0.5) is 5.95 Å². The molecule has 0 aliphatic carbocycles. The molecule has 0 unspecified atom stereocenters. The minimum absolute atomic E-state index is 0.363. The lowest BCUT2D eigenvalue weighted by Crippen LogP contribution is -2.32. The summed E-state index contributed by atoms with van der Waals surface area (Å²) >= 11 is 6.34. The molecule has 1 aromatic heterocycles. The molecule has 3 aromatic rings. The summed E-state index contributed by atoms with van der Waals surface area (Å²) in [6.45, 7) is 1.77. The van der Waals surface area contributed by atoms with Crippen molar-refractivity contribution in [3.05, 3.63) is 64.3 Å². The van der Waals surface area contributed by atoms with Crippen LogP contribution in [0.1, 0.15) is 18.5 Å². The van der Waals surface area contributed by atoms with Crippen LogP contribution < -0.4 is 20.5 Å². The zero-order valence-electron chi connectivity index (χ0n) is 16.6. The molecule has 2 heterocycles. The fourth-order valence-electron chi connectivity index (χ4n) is 3.56. The monoisotopic (exact) mass is 425 g/mol. The highest BCUT2D eigenvalue weighted by atomic mass is 35.5. The number of carbonyl (C=O) groups excluding carboxylic acids is 1. The maximum Gasteiger partial charge on any atom is 0.248 e. The molecule has 30 heavy (non-hydrogen) atoms. The summed E-state index contributed by atoms with van der Waals surface area (Å²) < 4.78 is 12.5. The molecule has 0 bridgehead atoms. The molecule has 1 amide bonds. The maximum absolute atomic E-state index is 12.4. The Labute approximate surface area is 178 Å². The van der Waals surface area contributed by atoms with E-state index in [2.05, 4.69) is 15.4 Å². The number of fused-ring (bicyclic) bond motifs is 1. The summed E-state index contributed by atoms with van der Waals surface area (Å²) in [6.07, 6.45) is 0. The number of ether oxygens (including phenoxy) is 2. The standard InChI is InChI=1S/C21H20ClN5O3/c1-11-17(19(23)28)18(14-9-8-12(29-2)10-16(14)30-3)27-21(24-11)25-20(26-27)13-6-4-5-7-15(13)22/h4-10,18H,1-3H3,(H2,23,28)(H,24,25,26)/t18-/m1/s1. The number of carbonyl (C=O) groups is 1. The molecule has 4 rings (SSSR count). The number of halogens is 1. The predicted octanol–water partition coefficient (Wildman–Crippen LogP) is 3.39. The van der Waals surface area contributed by atoms with Crippen LogP contribution in [0.15, 0.2) is 53.7 Å². The number of anilines is 1. The number of hydrogen-bond acceptors (Lipinski definition) is 6. The molecule has 3 N–H and O–H groups in total. The number of hydrogen-bond donors (Lipinski definition) is 2. The summed E-state index contributed by atoms with van der Waals surface area (Å²) in [4.78, 5) is 17.0. The highest BCUT2D eigenvalue weighted by molar-refractivity contribution is 6.33. The number of rotatable bonds is 5. The van der Waals surface area contributed by atoms with E-state index in [1.807, 2.05) is 24.3 Å². The zero-order valence-corrected chi connectivity index (χ0v) is 17.4. The molecule has 0 fully saturated rings. The lowest BCUT2D eigenvalue weighted by Gasteiger charge is -2.28. The Hall–Kier alpha value is -3.52. The molecular formula is C21H20ClN5O3. The Morgan fingerprint density at radius 3 is 2.63 bits per heavy atom. The second-order valence-corrected chi connectivity index (χ2v) is 7.13. The van der Waals surface area contributed by atoms with Gasteiger partial charge >= 0.3 is 0 Å². The molecule has 0 saturated heterocycles. The van der Waals surface area contributed by atoms with Crippen molar-refractivity contribution in [1.29, 1.82) is 0 Å². The first-order valence-corrected chi connectivity index (χ1v) is 9.53. The zero-order chi connectivity index (χ0) is 21.4. The molecule has 9 heteroatoms. The van der Waals surface area contributed by atoms with E-state index in [9.17, 15) is 4.79 Å². The maximum atomic E-state index is 12.4. The second-order valence-electron chi connectivity index (χ2n) is 6.72. The quantitative estimate of drug-likeness (QED) is 0.649. The highest BCUT2D eigenvalue weighted by Crippen LogP contribution is 2.41. The number of benzene rings is 2. The van der Waals surface area contributed by atoms with Gasteiger partial charge in [0.1, 0.15) is 17.5 Å². The van der Waals surface area contributed by atoms with Gasteiger partial charge in [0.25, 0.3) is 0 Å². The van der Waals surface area contributed by atoms with Crippen molar-refractivity contribution >= 4 is 23.5 Å². The summed E-state index contributed by atoms with van der Waals surface area (Å²) in [5, 5.41) is 8.30. The van der Waals surface area contributed by atoms with Crippen LogP contribution in [0.25, 0.3) is 11.4 Å². The van der Waals surface area contributed by atoms with Crippen molar-refractivity contribution in [2.45, 2.75) is 13.0 Å². The van der Waals surface area contributed by atoms with Gasteiger partial charge in [0.15, 0.2) is 5.82 Å². The predicted molar refractivity (Wildman–Crippen MR) is 114 cm³/mol. The molecular weight excluding hydrogens is 406 g/mol. The number of aromatic nitrogens is 3. The molecule has 0 saturated carbocycles. The van der Waals surface area contributed by atoms with Gasteiger partial charge in [-0.2, -0.15) is 4.98 Å². The van der Waals surface area contributed by atoms with E-state index in [0.717, 1.165) is 0 Å². The lowest BCUT2D eigenvalue weighted by molar-refractivity contribution is -0.115. The molecule has 1 aliphatic heterocycles. The number of primary amides is 1. The molecule has 0 spiro atoms. The SMILES string of the molecule is COc1ccc([C@@H]2C(C(N)=O)=C(C)Nc3nc(-c4ccccc4Cl)nn32)c(OC)c1. The lowest BCUT2D eigenvalue weighted by atomic mass is 9.94. The fraction of sp³-hybridized carbons (Fsp3) is 0.190. The van der Waals surface area contributed by atoms with Crippen molar-refractivity contribution in [2.75, 3.05) is 19.5 Å². The van der Waals surface area contributed by atoms with Gasteiger partial charge in [-0.05, 0) is 31.2 Å². The van der Waals surface area contributed by atoms with Gasteiger partial charge in [-0.1, -0.05) is 23.7 Å². The van der Waals surface area contributed by atoms with Crippen LogP contribution in [0.5, 0.6) is 11.5 Å². The topological polar surface area (TPSA) is 104 Å². The summed E-state index contributed by atoms with van der Waals surface area (Å²) in [7, 11) is 3.13. The average Bonchev–Trinajstić information content (AvgIpc) is 3.15. The molecule has 2 aromatic carbocycles. The summed E-state index contributed by atoms with van der Waals surface area (Å²) in [6, 6.07) is 12.0. The van der Waals surface area contributed by atoms with Gasteiger partial charge in [-0.15, -0.1) is 5.10 Å². The number of nitrogens with two attached hydrogens (primary N) is 1. The Morgan fingerprint density at radius 1 is 1.20 bits per heavy atom. The number of nitrogens with one attached hydrogen (secondary N) is 1. The normalized spacial score (nSPS) is 15.4. The second kappa shape index (κ2) is 7.72. The van der Waals surface area contributed by atoms with Crippen molar-refractivity contribution in [3.8, 4) is 22.9 Å². The number of allylic oxidation sites excluding steroid dienone is 1. The molecule has 0 radical (unpaired) electrons. The smallest absolute Gasteiger partial charge is 0.248 e. The fourth-order valence-corrected chi connectivity index (χ4v) is 3.78. The van der Waals surface area contributed by atoms with Gasteiger partial charge in [-0.3, -0.25) is 4.79 Å². The molecule has 1 atom stereocenters. The van der Waals surface area contributed by atoms with Gasteiger partial charge in [0.2, 0.25) is 11.9 Å². The van der Waals surface area contributed by atoms with Gasteiger partial charge < -0.3 is 20.5 Å². The first-order valence-electron chi connectivity index (χ1n) is 9.15. The Balaban J connectivity index is 1.93. The minimum atomic E-state index is -0.636. The first-order chi connectivity index (χ1) is 14.4. The number of methoxy groups -OCH3 is 2. The van der Waals surface area contributed by atoms with Crippen LogP contribution in [-0.4, -0.2) is 34.9 Å². The van der Waals surface area contributed by atoms with E-state index >= 15 is 0 Å². The van der Waals surface area contributed by atoms with Gasteiger partial charge in [0, 0.05) is 22.9 Å². The third-order valence-corrected chi connectivity index (χ3v) is 5.30. The van der Waals surface area contributed by atoms with Crippen LogP contribution in [0.3, 0.4) is 0 Å². The van der Waals surface area contributed by atoms with Crippen LogP contribution in [0.2, 0.25) is 5.02 Å². The Bertz CT molecular complexity index is 1170. The highest BCUT2D eigenvalue weighted by Gasteiger charge is 2.35. The minimum Gasteiger partial charge on any atom is -0.497 e. The number of nitrogens with zero attached hydrogens (tertiary/aromatic N) is 3. The van der Waals surface area contributed by atoms with Crippen LogP contribution in [-0.2, 0) is 4.79 Å². The Morgan fingerprint density at radius 2 is 1.97 bits per heavy atom. The van der Waals surface area contributed by atoms with E-state index in [0.29, 0.717) is 50.7 Å². The Kier molecular flexibility index (Phi) is 5.09. The number of amides is 1. The van der Waals surface area contributed by atoms with E-state index < -0.39 is 11.9 Å². The molecule has 154 valence electrons. The van der Waals surface area contributed by atoms with Crippen molar-refractivity contribution < 1.29 is 14.3 Å².